The summed E-state index contributed by atoms with van der Waals surface area (Å²) in [7, 11) is 2.03. The van der Waals surface area contributed by atoms with Gasteiger partial charge in [0.25, 0.3) is 5.91 Å². The van der Waals surface area contributed by atoms with Gasteiger partial charge in [0.15, 0.2) is 5.82 Å². The number of amides is 2. The highest BCUT2D eigenvalue weighted by Gasteiger charge is 2.30. The topological polar surface area (TPSA) is 95.4 Å². The first kappa shape index (κ1) is 29.1. The third kappa shape index (κ3) is 7.38. The number of nitrogens with zero attached hydrogens (tertiary/aromatic N) is 5. The summed E-state index contributed by atoms with van der Waals surface area (Å²) in [6.07, 6.45) is 0.646. The van der Waals surface area contributed by atoms with Gasteiger partial charge < -0.3 is 20.4 Å². The van der Waals surface area contributed by atoms with Crippen LogP contribution in [-0.2, 0) is 4.79 Å². The van der Waals surface area contributed by atoms with Crippen LogP contribution < -0.4 is 10.6 Å². The molecule has 1 fully saturated rings. The summed E-state index contributed by atoms with van der Waals surface area (Å²) in [6, 6.07) is 7.21. The van der Waals surface area contributed by atoms with Gasteiger partial charge in [-0.2, -0.15) is 18.2 Å². The Labute approximate surface area is 231 Å². The molecule has 2 aromatic rings. The quantitative estimate of drug-likeness (QED) is 0.473. The van der Waals surface area contributed by atoms with E-state index >= 15 is 0 Å². The van der Waals surface area contributed by atoms with Crippen LogP contribution in [0.15, 0.2) is 48.6 Å². The molecule has 0 aliphatic carbocycles. The summed E-state index contributed by atoms with van der Waals surface area (Å²) in [4.78, 5) is 33.0. The molecule has 40 heavy (non-hydrogen) atoms. The maximum absolute atomic E-state index is 12.6. The van der Waals surface area contributed by atoms with Gasteiger partial charge in [0.2, 0.25) is 11.9 Å². The van der Waals surface area contributed by atoms with Crippen LogP contribution >= 0.6 is 0 Å². The molecule has 1 saturated heterocycles. The molecule has 214 valence electrons. The van der Waals surface area contributed by atoms with E-state index in [0.717, 1.165) is 30.7 Å². The zero-order valence-electron chi connectivity index (χ0n) is 22.7. The minimum Gasteiger partial charge on any atom is -0.348 e. The number of carbonyl (C=O) groups is 2. The molecule has 0 spiro atoms. The summed E-state index contributed by atoms with van der Waals surface area (Å²) in [5.41, 5.74) is 2.99. The lowest BCUT2D eigenvalue weighted by atomic mass is 9.98. The number of benzene rings is 1. The average Bonchev–Trinajstić information content (AvgIpc) is 3.53. The van der Waals surface area contributed by atoms with Crippen LogP contribution in [0.1, 0.15) is 48.8 Å². The van der Waals surface area contributed by atoms with Crippen molar-refractivity contribution in [1.82, 2.24) is 29.9 Å². The number of aromatic nitrogens is 3. The summed E-state index contributed by atoms with van der Waals surface area (Å²) in [5.74, 6) is 0.258. The molecule has 0 radical (unpaired) electrons. The molecule has 12 heteroatoms. The molecule has 2 aliphatic rings. The molecule has 2 amide bonds. The van der Waals surface area contributed by atoms with Gasteiger partial charge >= 0.3 is 6.18 Å². The SMILES string of the molecule is C=Cn1nc(Nc2ccc(C(=O)NC3CCN(C)C3)cc2)nc1C(=CC)C1=CCN(C(=O)CCC(F)(F)F)CC1. The maximum Gasteiger partial charge on any atom is 0.389 e. The monoisotopic (exact) mass is 557 g/mol. The van der Waals surface area contributed by atoms with Crippen molar-refractivity contribution in [3.8, 4) is 0 Å². The van der Waals surface area contributed by atoms with Crippen LogP contribution in [0.5, 0.6) is 0 Å². The standard InChI is InChI=1S/C28H34F3N7O2/c1-4-23(19-11-16-37(17-12-19)24(39)10-14-28(29,30)31)25-34-27(35-38(25)5-2)33-21-8-6-20(7-9-21)26(40)32-22-13-15-36(3)18-22/h4-9,11,22H,2,10,12-18H2,1,3H3,(H,32,40)(H,33,35). The fourth-order valence-corrected chi connectivity index (χ4v) is 4.85. The number of allylic oxidation sites excluding steroid dienone is 2. The summed E-state index contributed by atoms with van der Waals surface area (Å²) >= 11 is 0. The van der Waals surface area contributed by atoms with Crippen molar-refractivity contribution in [3.63, 3.8) is 0 Å². The minimum absolute atomic E-state index is 0.109. The fourth-order valence-electron chi connectivity index (χ4n) is 4.85. The number of likely N-dealkylation sites (N-methyl/N-ethyl adjacent to an activating group) is 1. The molecule has 9 nitrogen and oxygen atoms in total. The first-order valence-corrected chi connectivity index (χ1v) is 13.2. The highest BCUT2D eigenvalue weighted by molar-refractivity contribution is 5.94. The van der Waals surface area contributed by atoms with Crippen molar-refractivity contribution in [2.24, 2.45) is 0 Å². The van der Waals surface area contributed by atoms with Gasteiger partial charge in [0, 0.05) is 55.1 Å². The molecule has 0 bridgehead atoms. The molecule has 1 atom stereocenters. The van der Waals surface area contributed by atoms with Gasteiger partial charge in [-0.05, 0) is 63.2 Å². The Morgan fingerprint density at radius 3 is 2.52 bits per heavy atom. The Morgan fingerprint density at radius 2 is 1.95 bits per heavy atom. The lowest BCUT2D eigenvalue weighted by molar-refractivity contribution is -0.148. The van der Waals surface area contributed by atoms with Crippen LogP contribution in [0.3, 0.4) is 0 Å². The first-order valence-electron chi connectivity index (χ1n) is 13.2. The molecule has 2 N–H and O–H groups in total. The van der Waals surface area contributed by atoms with Gasteiger partial charge in [-0.15, -0.1) is 5.10 Å². The number of hydrogen-bond acceptors (Lipinski definition) is 6. The Balaban J connectivity index is 1.40. The maximum atomic E-state index is 12.6. The molecule has 3 heterocycles. The van der Waals surface area contributed by atoms with Crippen LogP contribution in [-0.4, -0.2) is 81.8 Å². The van der Waals surface area contributed by atoms with E-state index in [0.29, 0.717) is 36.0 Å². The highest BCUT2D eigenvalue weighted by Crippen LogP contribution is 2.29. The van der Waals surface area contributed by atoms with E-state index in [-0.39, 0.29) is 18.5 Å². The fraction of sp³-hybridized carbons (Fsp3) is 0.429. The van der Waals surface area contributed by atoms with Crippen LogP contribution in [0.4, 0.5) is 24.8 Å². The average molecular weight is 558 g/mol. The Bertz CT molecular complexity index is 1300. The number of rotatable bonds is 9. The lowest BCUT2D eigenvalue weighted by Crippen LogP contribution is -2.36. The first-order chi connectivity index (χ1) is 19.1. The van der Waals surface area contributed by atoms with Gasteiger partial charge in [-0.25, -0.2) is 4.68 Å². The molecule has 1 aromatic heterocycles. The number of anilines is 2. The zero-order chi connectivity index (χ0) is 28.9. The van der Waals surface area contributed by atoms with E-state index in [1.165, 1.54) is 11.1 Å². The van der Waals surface area contributed by atoms with Crippen LogP contribution in [0, 0.1) is 0 Å². The molecular weight excluding hydrogens is 523 g/mol. The van der Waals surface area contributed by atoms with Crippen LogP contribution in [0.2, 0.25) is 0 Å². The van der Waals surface area contributed by atoms with E-state index in [9.17, 15) is 22.8 Å². The Hall–Kier alpha value is -3.93. The number of likely N-dealkylation sites (tertiary alicyclic amines) is 1. The molecule has 0 saturated carbocycles. The normalized spacial score (nSPS) is 18.4. The number of halogens is 3. The van der Waals surface area contributed by atoms with Crippen molar-refractivity contribution in [1.29, 1.82) is 0 Å². The lowest BCUT2D eigenvalue weighted by Gasteiger charge is -2.27. The van der Waals surface area contributed by atoms with Crippen LogP contribution in [0.25, 0.3) is 11.8 Å². The molecule has 1 aromatic carbocycles. The van der Waals surface area contributed by atoms with E-state index < -0.39 is 24.9 Å². The second-order valence-electron chi connectivity index (χ2n) is 9.95. The largest absolute Gasteiger partial charge is 0.389 e. The second-order valence-corrected chi connectivity index (χ2v) is 9.95. The van der Waals surface area contributed by atoms with E-state index in [4.69, 9.17) is 0 Å². The van der Waals surface area contributed by atoms with Gasteiger partial charge in [0.05, 0.1) is 6.42 Å². The smallest absolute Gasteiger partial charge is 0.348 e. The van der Waals surface area contributed by atoms with Gasteiger partial charge in [0.1, 0.15) is 0 Å². The van der Waals surface area contributed by atoms with Crippen molar-refractivity contribution in [2.75, 3.05) is 38.5 Å². The van der Waals surface area contributed by atoms with E-state index in [2.05, 4.69) is 32.2 Å². The summed E-state index contributed by atoms with van der Waals surface area (Å²) in [6.45, 7) is 8.05. The third-order valence-corrected chi connectivity index (χ3v) is 6.99. The van der Waals surface area contributed by atoms with Crippen molar-refractivity contribution in [3.05, 3.63) is 60.0 Å². The van der Waals surface area contributed by atoms with E-state index in [1.807, 2.05) is 26.1 Å². The number of alkyl halides is 3. The summed E-state index contributed by atoms with van der Waals surface area (Å²) < 4.78 is 39.0. The Kier molecular flexibility index (Phi) is 9.08. The number of carbonyl (C=O) groups excluding carboxylic acids is 2. The van der Waals surface area contributed by atoms with Gasteiger partial charge in [-0.1, -0.05) is 18.7 Å². The molecule has 4 rings (SSSR count). The molecule has 1 unspecified atom stereocenters. The van der Waals surface area contributed by atoms with Crippen molar-refractivity contribution < 1.29 is 22.8 Å². The minimum atomic E-state index is -4.35. The van der Waals surface area contributed by atoms with Crippen molar-refractivity contribution >= 4 is 35.2 Å². The number of hydrogen-bond donors (Lipinski definition) is 2. The second kappa shape index (κ2) is 12.5. The molecular formula is C28H34F3N7O2. The highest BCUT2D eigenvalue weighted by atomic mass is 19.4. The summed E-state index contributed by atoms with van der Waals surface area (Å²) in [5, 5.41) is 10.7. The van der Waals surface area contributed by atoms with E-state index in [1.54, 1.807) is 28.9 Å². The van der Waals surface area contributed by atoms with Gasteiger partial charge in [-0.3, -0.25) is 9.59 Å². The van der Waals surface area contributed by atoms with Crippen molar-refractivity contribution in [2.45, 2.75) is 44.8 Å². The predicted molar refractivity (Wildman–Crippen MR) is 148 cm³/mol. The zero-order valence-corrected chi connectivity index (χ0v) is 22.7. The predicted octanol–water partition coefficient (Wildman–Crippen LogP) is 4.46. The Morgan fingerprint density at radius 1 is 1.20 bits per heavy atom. The molecule has 2 aliphatic heterocycles. The number of nitrogens with one attached hydrogen (secondary N) is 2. The third-order valence-electron chi connectivity index (χ3n) is 6.99.